The number of hydrogen-bond donors (Lipinski definition) is 0. The molecule has 0 radical (unpaired) electrons. The Bertz CT molecular complexity index is 379. The standard InChI is InChI=1S/C12H17NO2S/c1-5-15-12(14)11-6-10(9(3)16-4)7-13-8(11)2/h6-7,9H,5H2,1-4H3. The van der Waals surface area contributed by atoms with Crippen molar-refractivity contribution in [2.75, 3.05) is 12.9 Å². The largest absolute Gasteiger partial charge is 0.462 e. The first kappa shape index (κ1) is 13.0. The van der Waals surface area contributed by atoms with E-state index in [2.05, 4.69) is 11.9 Å². The second-order valence-corrected chi connectivity index (χ2v) is 4.68. The highest BCUT2D eigenvalue weighted by molar-refractivity contribution is 7.98. The fraction of sp³-hybridized carbons (Fsp3) is 0.500. The van der Waals surface area contributed by atoms with Gasteiger partial charge >= 0.3 is 5.97 Å². The molecule has 16 heavy (non-hydrogen) atoms. The van der Waals surface area contributed by atoms with Crippen LogP contribution in [-0.2, 0) is 4.74 Å². The van der Waals surface area contributed by atoms with Crippen LogP contribution in [0.5, 0.6) is 0 Å². The summed E-state index contributed by atoms with van der Waals surface area (Å²) in [7, 11) is 0. The van der Waals surface area contributed by atoms with Crippen molar-refractivity contribution in [3.63, 3.8) is 0 Å². The third-order valence-corrected chi connectivity index (χ3v) is 3.41. The first-order valence-electron chi connectivity index (χ1n) is 5.26. The minimum absolute atomic E-state index is 0.289. The normalized spacial score (nSPS) is 12.2. The second-order valence-electron chi connectivity index (χ2n) is 3.50. The molecule has 0 N–H and O–H groups in total. The molecule has 0 saturated carbocycles. The maximum atomic E-state index is 11.7. The Labute approximate surface area is 101 Å². The Hall–Kier alpha value is -1.03. The molecule has 88 valence electrons. The number of carbonyl (C=O) groups excluding carboxylic acids is 1. The van der Waals surface area contributed by atoms with Gasteiger partial charge in [-0.25, -0.2) is 4.79 Å². The number of pyridine rings is 1. The van der Waals surface area contributed by atoms with Crippen LogP contribution in [0.25, 0.3) is 0 Å². The smallest absolute Gasteiger partial charge is 0.339 e. The monoisotopic (exact) mass is 239 g/mol. The SMILES string of the molecule is CCOC(=O)c1cc(C(C)SC)cnc1C. The number of ether oxygens (including phenoxy) is 1. The number of hydrogen-bond acceptors (Lipinski definition) is 4. The molecule has 1 heterocycles. The predicted octanol–water partition coefficient (Wildman–Crippen LogP) is 2.99. The number of nitrogens with zero attached hydrogens (tertiary/aromatic N) is 1. The highest BCUT2D eigenvalue weighted by Crippen LogP contribution is 2.26. The summed E-state index contributed by atoms with van der Waals surface area (Å²) in [6.07, 6.45) is 3.85. The van der Waals surface area contributed by atoms with Crippen molar-refractivity contribution in [3.05, 3.63) is 29.1 Å². The summed E-state index contributed by atoms with van der Waals surface area (Å²) < 4.78 is 4.99. The van der Waals surface area contributed by atoms with Gasteiger partial charge in [0.1, 0.15) is 0 Å². The van der Waals surface area contributed by atoms with Crippen LogP contribution in [0.2, 0.25) is 0 Å². The lowest BCUT2D eigenvalue weighted by molar-refractivity contribution is 0.0525. The fourth-order valence-electron chi connectivity index (χ4n) is 1.32. The van der Waals surface area contributed by atoms with Crippen LogP contribution in [0.15, 0.2) is 12.3 Å². The minimum Gasteiger partial charge on any atom is -0.462 e. The molecule has 1 atom stereocenters. The van der Waals surface area contributed by atoms with E-state index >= 15 is 0 Å². The molecule has 0 saturated heterocycles. The van der Waals surface area contributed by atoms with Crippen LogP contribution in [0, 0.1) is 6.92 Å². The first-order chi connectivity index (χ1) is 7.60. The Kier molecular flexibility index (Phi) is 4.80. The van der Waals surface area contributed by atoms with Crippen LogP contribution < -0.4 is 0 Å². The number of aromatic nitrogens is 1. The van der Waals surface area contributed by atoms with Crippen molar-refractivity contribution in [2.24, 2.45) is 0 Å². The maximum absolute atomic E-state index is 11.7. The third-order valence-electron chi connectivity index (χ3n) is 2.43. The van der Waals surface area contributed by atoms with Crippen LogP contribution in [-0.4, -0.2) is 23.8 Å². The van der Waals surface area contributed by atoms with Crippen LogP contribution in [0.4, 0.5) is 0 Å². The van der Waals surface area contributed by atoms with Crippen molar-refractivity contribution < 1.29 is 9.53 Å². The van der Waals surface area contributed by atoms with Crippen molar-refractivity contribution in [1.82, 2.24) is 4.98 Å². The van der Waals surface area contributed by atoms with E-state index in [0.29, 0.717) is 17.4 Å². The van der Waals surface area contributed by atoms with Gasteiger partial charge in [-0.1, -0.05) is 0 Å². The molecule has 0 fully saturated rings. The van der Waals surface area contributed by atoms with Gasteiger partial charge in [-0.3, -0.25) is 4.98 Å². The topological polar surface area (TPSA) is 39.2 Å². The average molecular weight is 239 g/mol. The number of rotatable bonds is 4. The van der Waals surface area contributed by atoms with E-state index in [1.165, 1.54) is 0 Å². The summed E-state index contributed by atoms with van der Waals surface area (Å²) in [5.41, 5.74) is 2.34. The quantitative estimate of drug-likeness (QED) is 0.757. The lowest BCUT2D eigenvalue weighted by atomic mass is 10.1. The first-order valence-corrected chi connectivity index (χ1v) is 6.55. The molecule has 0 bridgehead atoms. The molecule has 1 aromatic rings. The van der Waals surface area contributed by atoms with Gasteiger partial charge in [-0.15, -0.1) is 0 Å². The van der Waals surface area contributed by atoms with Crippen molar-refractivity contribution in [2.45, 2.75) is 26.0 Å². The maximum Gasteiger partial charge on any atom is 0.339 e. The van der Waals surface area contributed by atoms with Gasteiger partial charge in [0.15, 0.2) is 0 Å². The van der Waals surface area contributed by atoms with E-state index in [4.69, 9.17) is 4.74 Å². The van der Waals surface area contributed by atoms with E-state index in [9.17, 15) is 4.79 Å². The molecule has 0 aromatic carbocycles. The molecule has 4 heteroatoms. The summed E-state index contributed by atoms with van der Waals surface area (Å²) in [5, 5.41) is 0.335. The lowest BCUT2D eigenvalue weighted by Crippen LogP contribution is -2.09. The van der Waals surface area contributed by atoms with E-state index in [0.717, 1.165) is 11.3 Å². The fourth-order valence-corrected chi connectivity index (χ4v) is 1.72. The third kappa shape index (κ3) is 2.98. The van der Waals surface area contributed by atoms with Gasteiger partial charge in [0.2, 0.25) is 0 Å². The molecular weight excluding hydrogens is 222 g/mol. The van der Waals surface area contributed by atoms with E-state index in [-0.39, 0.29) is 5.97 Å². The van der Waals surface area contributed by atoms with Crippen LogP contribution >= 0.6 is 11.8 Å². The molecule has 1 rings (SSSR count). The van der Waals surface area contributed by atoms with Gasteiger partial charge < -0.3 is 4.74 Å². The Morgan fingerprint density at radius 1 is 1.62 bits per heavy atom. The van der Waals surface area contributed by atoms with E-state index in [1.807, 2.05) is 25.4 Å². The Morgan fingerprint density at radius 3 is 2.88 bits per heavy atom. The Morgan fingerprint density at radius 2 is 2.31 bits per heavy atom. The molecule has 0 aliphatic rings. The molecule has 1 aromatic heterocycles. The van der Waals surface area contributed by atoms with Gasteiger partial charge in [-0.2, -0.15) is 11.8 Å². The lowest BCUT2D eigenvalue weighted by Gasteiger charge is -2.11. The van der Waals surface area contributed by atoms with Gasteiger partial charge in [-0.05, 0) is 38.7 Å². The van der Waals surface area contributed by atoms with Crippen molar-refractivity contribution >= 4 is 17.7 Å². The zero-order valence-corrected chi connectivity index (χ0v) is 10.9. The van der Waals surface area contributed by atoms with Crippen LogP contribution in [0.3, 0.4) is 0 Å². The summed E-state index contributed by atoms with van der Waals surface area (Å²) in [6, 6.07) is 1.88. The minimum atomic E-state index is -0.289. The average Bonchev–Trinajstić information content (AvgIpc) is 2.29. The number of esters is 1. The summed E-state index contributed by atoms with van der Waals surface area (Å²) in [5.74, 6) is -0.289. The zero-order chi connectivity index (χ0) is 12.1. The summed E-state index contributed by atoms with van der Waals surface area (Å²) in [6.45, 7) is 6.10. The number of aryl methyl sites for hydroxylation is 1. The van der Waals surface area contributed by atoms with E-state index in [1.54, 1.807) is 18.7 Å². The number of carbonyl (C=O) groups is 1. The van der Waals surface area contributed by atoms with Crippen molar-refractivity contribution in [3.8, 4) is 0 Å². The molecular formula is C12H17NO2S. The molecule has 1 unspecified atom stereocenters. The van der Waals surface area contributed by atoms with Gasteiger partial charge in [0, 0.05) is 11.4 Å². The van der Waals surface area contributed by atoms with Gasteiger partial charge in [0.05, 0.1) is 17.9 Å². The number of thioether (sulfide) groups is 1. The summed E-state index contributed by atoms with van der Waals surface area (Å²) in [4.78, 5) is 15.9. The molecule has 0 amide bonds. The molecule has 0 aliphatic carbocycles. The van der Waals surface area contributed by atoms with E-state index < -0.39 is 0 Å². The zero-order valence-electron chi connectivity index (χ0n) is 10.1. The van der Waals surface area contributed by atoms with Crippen molar-refractivity contribution in [1.29, 1.82) is 0 Å². The van der Waals surface area contributed by atoms with Crippen LogP contribution in [0.1, 0.15) is 40.7 Å². The molecule has 0 spiro atoms. The van der Waals surface area contributed by atoms with Gasteiger partial charge in [0.25, 0.3) is 0 Å². The molecule has 0 aliphatic heterocycles. The predicted molar refractivity (Wildman–Crippen MR) is 66.9 cm³/mol. The highest BCUT2D eigenvalue weighted by Gasteiger charge is 2.14. The summed E-state index contributed by atoms with van der Waals surface area (Å²) >= 11 is 1.73. The second kappa shape index (κ2) is 5.89. The highest BCUT2D eigenvalue weighted by atomic mass is 32.2. The Balaban J connectivity index is 3.03. The molecule has 3 nitrogen and oxygen atoms in total.